The van der Waals surface area contributed by atoms with Crippen LogP contribution < -0.4 is 5.73 Å². The number of nitrogens with two attached hydrogens (primary N) is 1. The summed E-state index contributed by atoms with van der Waals surface area (Å²) in [5.74, 6) is -0.408. The quantitative estimate of drug-likeness (QED) is 0.896. The molecule has 0 aromatic heterocycles. The monoisotopic (exact) mass is 301 g/mol. The molecule has 1 aromatic rings. The molecule has 118 valence electrons. The summed E-state index contributed by atoms with van der Waals surface area (Å²) in [6.45, 7) is 3.86. The highest BCUT2D eigenvalue weighted by Crippen LogP contribution is 2.38. The highest BCUT2D eigenvalue weighted by molar-refractivity contribution is 5.97. The van der Waals surface area contributed by atoms with Crippen LogP contribution in [0.5, 0.6) is 0 Å². The molecule has 2 aliphatic heterocycles. The van der Waals surface area contributed by atoms with E-state index in [4.69, 9.17) is 5.73 Å². The van der Waals surface area contributed by atoms with Crippen LogP contribution in [0.1, 0.15) is 40.0 Å². The average Bonchev–Trinajstić information content (AvgIpc) is 2.87. The Kier molecular flexibility index (Phi) is 3.91. The summed E-state index contributed by atoms with van der Waals surface area (Å²) in [6, 6.07) is 6.65. The van der Waals surface area contributed by atoms with Gasteiger partial charge in [-0.3, -0.25) is 9.59 Å². The summed E-state index contributed by atoms with van der Waals surface area (Å²) >= 11 is 0. The number of carbonyl (C=O) groups excluding carboxylic acids is 2. The predicted octanol–water partition coefficient (Wildman–Crippen LogP) is 1.34. The van der Waals surface area contributed by atoms with E-state index >= 15 is 0 Å². The van der Waals surface area contributed by atoms with Crippen LogP contribution in [-0.4, -0.2) is 54.8 Å². The minimum atomic E-state index is -0.468. The molecule has 1 spiro atoms. The number of benzene rings is 1. The number of likely N-dealkylation sites (tertiary alicyclic amines) is 2. The SMILES string of the molecule is CN1CCC2(CCCN(C(=O)c3ccc(C(N)=O)cc3)C2)C1. The van der Waals surface area contributed by atoms with E-state index in [1.807, 2.05) is 4.90 Å². The summed E-state index contributed by atoms with van der Waals surface area (Å²) < 4.78 is 0. The van der Waals surface area contributed by atoms with Crippen LogP contribution in [0.25, 0.3) is 0 Å². The maximum atomic E-state index is 12.7. The molecule has 5 nitrogen and oxygen atoms in total. The van der Waals surface area contributed by atoms with Crippen molar-refractivity contribution in [2.75, 3.05) is 33.2 Å². The number of hydrogen-bond acceptors (Lipinski definition) is 3. The Bertz CT molecular complexity index is 580. The van der Waals surface area contributed by atoms with Crippen LogP contribution in [0.4, 0.5) is 0 Å². The smallest absolute Gasteiger partial charge is 0.253 e. The number of primary amides is 1. The predicted molar refractivity (Wildman–Crippen MR) is 84.6 cm³/mol. The van der Waals surface area contributed by atoms with Crippen LogP contribution in [0.3, 0.4) is 0 Å². The Balaban J connectivity index is 1.73. The molecule has 2 fully saturated rings. The average molecular weight is 301 g/mol. The van der Waals surface area contributed by atoms with E-state index in [-0.39, 0.29) is 11.3 Å². The molecule has 3 rings (SSSR count). The van der Waals surface area contributed by atoms with Crippen molar-refractivity contribution in [2.45, 2.75) is 19.3 Å². The lowest BCUT2D eigenvalue weighted by molar-refractivity contribution is 0.0534. The number of piperidine rings is 1. The fourth-order valence-corrected chi connectivity index (χ4v) is 3.83. The van der Waals surface area contributed by atoms with Gasteiger partial charge in [0.2, 0.25) is 5.91 Å². The number of carbonyl (C=O) groups is 2. The maximum absolute atomic E-state index is 12.7. The van der Waals surface area contributed by atoms with Gasteiger partial charge in [0.05, 0.1) is 0 Å². The van der Waals surface area contributed by atoms with Crippen molar-refractivity contribution in [2.24, 2.45) is 11.1 Å². The minimum Gasteiger partial charge on any atom is -0.366 e. The molecule has 1 atom stereocenters. The van der Waals surface area contributed by atoms with Crippen LogP contribution >= 0.6 is 0 Å². The highest BCUT2D eigenvalue weighted by atomic mass is 16.2. The zero-order valence-electron chi connectivity index (χ0n) is 13.0. The minimum absolute atomic E-state index is 0.0599. The summed E-state index contributed by atoms with van der Waals surface area (Å²) in [6.07, 6.45) is 3.45. The second-order valence-electron chi connectivity index (χ2n) is 6.76. The molecular formula is C17H23N3O2. The molecule has 2 heterocycles. The van der Waals surface area contributed by atoms with E-state index in [2.05, 4.69) is 11.9 Å². The second kappa shape index (κ2) is 5.72. The lowest BCUT2D eigenvalue weighted by Gasteiger charge is -2.40. The van der Waals surface area contributed by atoms with Gasteiger partial charge in [-0.2, -0.15) is 0 Å². The van der Waals surface area contributed by atoms with Crippen LogP contribution in [0.15, 0.2) is 24.3 Å². The molecule has 1 aromatic carbocycles. The first-order chi connectivity index (χ1) is 10.5. The molecule has 2 N–H and O–H groups in total. The van der Waals surface area contributed by atoms with Crippen molar-refractivity contribution in [1.29, 1.82) is 0 Å². The first-order valence-corrected chi connectivity index (χ1v) is 7.87. The molecule has 5 heteroatoms. The van der Waals surface area contributed by atoms with Gasteiger partial charge in [-0.1, -0.05) is 0 Å². The number of nitrogens with zero attached hydrogens (tertiary/aromatic N) is 2. The molecule has 0 bridgehead atoms. The first-order valence-electron chi connectivity index (χ1n) is 7.87. The summed E-state index contributed by atoms with van der Waals surface area (Å²) in [7, 11) is 2.15. The van der Waals surface area contributed by atoms with Crippen molar-refractivity contribution >= 4 is 11.8 Å². The largest absolute Gasteiger partial charge is 0.366 e. The van der Waals surface area contributed by atoms with Gasteiger partial charge in [-0.15, -0.1) is 0 Å². The zero-order chi connectivity index (χ0) is 15.7. The van der Waals surface area contributed by atoms with E-state index in [0.29, 0.717) is 11.1 Å². The van der Waals surface area contributed by atoms with Crippen LogP contribution in [0.2, 0.25) is 0 Å². The highest BCUT2D eigenvalue weighted by Gasteiger charge is 2.41. The van der Waals surface area contributed by atoms with Crippen LogP contribution in [-0.2, 0) is 0 Å². The van der Waals surface area contributed by atoms with Gasteiger partial charge in [-0.25, -0.2) is 0 Å². The Labute approximate surface area is 131 Å². The normalized spacial score (nSPS) is 25.6. The zero-order valence-corrected chi connectivity index (χ0v) is 13.0. The van der Waals surface area contributed by atoms with Gasteiger partial charge in [0, 0.05) is 36.2 Å². The van der Waals surface area contributed by atoms with Gasteiger partial charge in [0.15, 0.2) is 0 Å². The van der Waals surface area contributed by atoms with Gasteiger partial charge in [-0.05, 0) is 57.1 Å². The topological polar surface area (TPSA) is 66.6 Å². The van der Waals surface area contributed by atoms with Crippen molar-refractivity contribution in [3.63, 3.8) is 0 Å². The van der Waals surface area contributed by atoms with Gasteiger partial charge in [0.25, 0.3) is 5.91 Å². The lowest BCUT2D eigenvalue weighted by atomic mass is 9.79. The van der Waals surface area contributed by atoms with Crippen molar-refractivity contribution < 1.29 is 9.59 Å². The molecule has 2 aliphatic rings. The Morgan fingerprint density at radius 2 is 1.73 bits per heavy atom. The fraction of sp³-hybridized carbons (Fsp3) is 0.529. The van der Waals surface area contributed by atoms with Gasteiger partial charge < -0.3 is 15.5 Å². The third-order valence-electron chi connectivity index (χ3n) is 4.99. The third kappa shape index (κ3) is 2.86. The van der Waals surface area contributed by atoms with Crippen molar-refractivity contribution in [1.82, 2.24) is 9.80 Å². The lowest BCUT2D eigenvalue weighted by Crippen LogP contribution is -2.47. The maximum Gasteiger partial charge on any atom is 0.253 e. The molecular weight excluding hydrogens is 278 g/mol. The van der Waals surface area contributed by atoms with Crippen LogP contribution in [0, 0.1) is 5.41 Å². The molecule has 0 saturated carbocycles. The summed E-state index contributed by atoms with van der Waals surface area (Å²) in [5.41, 5.74) is 6.58. The van der Waals surface area contributed by atoms with Crippen molar-refractivity contribution in [3.8, 4) is 0 Å². The summed E-state index contributed by atoms with van der Waals surface area (Å²) in [5, 5.41) is 0. The third-order valence-corrected chi connectivity index (χ3v) is 4.99. The molecule has 22 heavy (non-hydrogen) atoms. The number of amides is 2. The van der Waals surface area contributed by atoms with E-state index in [9.17, 15) is 9.59 Å². The Morgan fingerprint density at radius 1 is 1.05 bits per heavy atom. The Morgan fingerprint density at radius 3 is 2.32 bits per heavy atom. The number of hydrogen-bond donors (Lipinski definition) is 1. The first kappa shape index (κ1) is 15.0. The molecule has 0 aliphatic carbocycles. The van der Waals surface area contributed by atoms with E-state index in [1.165, 1.54) is 12.8 Å². The Hall–Kier alpha value is -1.88. The fourth-order valence-electron chi connectivity index (χ4n) is 3.83. The molecule has 2 saturated heterocycles. The van der Waals surface area contributed by atoms with E-state index < -0.39 is 5.91 Å². The number of rotatable bonds is 2. The second-order valence-corrected chi connectivity index (χ2v) is 6.76. The van der Waals surface area contributed by atoms with Crippen molar-refractivity contribution in [3.05, 3.63) is 35.4 Å². The van der Waals surface area contributed by atoms with E-state index in [1.54, 1.807) is 24.3 Å². The molecule has 1 unspecified atom stereocenters. The van der Waals surface area contributed by atoms with E-state index in [0.717, 1.165) is 32.6 Å². The summed E-state index contributed by atoms with van der Waals surface area (Å²) in [4.78, 5) is 28.1. The molecule has 2 amide bonds. The van der Waals surface area contributed by atoms with Gasteiger partial charge >= 0.3 is 0 Å². The molecule has 0 radical (unpaired) electrons. The standard InChI is InChI=1S/C17H23N3O2/c1-19-10-8-17(11-19)7-2-9-20(12-17)16(22)14-5-3-13(4-6-14)15(18)21/h3-6H,2,7-12H2,1H3,(H2,18,21). The van der Waals surface area contributed by atoms with Gasteiger partial charge in [0.1, 0.15) is 0 Å².